The molecule has 0 saturated carbocycles. The van der Waals surface area contributed by atoms with Gasteiger partial charge in [-0.1, -0.05) is 111 Å². The number of fused-ring (bicyclic) bond motifs is 2. The Kier molecular flexibility index (Phi) is 10.7. The van der Waals surface area contributed by atoms with Gasteiger partial charge in [-0.05, 0) is 70.0 Å². The van der Waals surface area contributed by atoms with E-state index >= 15 is 0 Å². The zero-order chi connectivity index (χ0) is 30.9. The van der Waals surface area contributed by atoms with Crippen LogP contribution in [0.5, 0.6) is 5.75 Å². The maximum atomic E-state index is 11.4. The van der Waals surface area contributed by atoms with Gasteiger partial charge in [0.2, 0.25) is 0 Å². The molecule has 0 saturated heterocycles. The topological polar surface area (TPSA) is 65.0 Å². The second-order valence-corrected chi connectivity index (χ2v) is 11.3. The van der Waals surface area contributed by atoms with E-state index in [0.717, 1.165) is 24.0 Å². The maximum Gasteiger partial charge on any atom is 0.333 e. The van der Waals surface area contributed by atoms with Gasteiger partial charge >= 0.3 is 5.97 Å². The normalized spacial score (nSPS) is 15.1. The van der Waals surface area contributed by atoms with Crippen molar-refractivity contribution in [2.24, 2.45) is 0 Å². The molecule has 5 heteroatoms. The minimum atomic E-state index is -0.954. The summed E-state index contributed by atoms with van der Waals surface area (Å²) in [6.45, 7) is 7.42. The first-order chi connectivity index (χ1) is 21.5. The third kappa shape index (κ3) is 7.65. The molecule has 4 aromatic rings. The zero-order valence-electron chi connectivity index (χ0n) is 25.9. The van der Waals surface area contributed by atoms with Crippen LogP contribution in [0.3, 0.4) is 0 Å². The van der Waals surface area contributed by atoms with Crippen molar-refractivity contribution >= 4 is 18.1 Å². The van der Waals surface area contributed by atoms with E-state index in [4.69, 9.17) is 14.2 Å². The van der Waals surface area contributed by atoms with Crippen molar-refractivity contribution in [1.82, 2.24) is 0 Å². The molecule has 0 amide bonds. The Morgan fingerprint density at radius 2 is 1.55 bits per heavy atom. The summed E-state index contributed by atoms with van der Waals surface area (Å²) < 4.78 is 18.0. The molecule has 0 fully saturated rings. The maximum absolute atomic E-state index is 11.4. The van der Waals surface area contributed by atoms with Gasteiger partial charge in [-0.15, -0.1) is 0 Å². The number of carboxylic acid groups (broad SMARTS) is 1. The molecule has 0 aromatic heterocycles. The van der Waals surface area contributed by atoms with Gasteiger partial charge in [0.1, 0.15) is 18.5 Å². The number of carboxylic acids is 1. The lowest BCUT2D eigenvalue weighted by Gasteiger charge is -2.23. The summed E-state index contributed by atoms with van der Waals surface area (Å²) in [5.74, 6) is 0.0451. The fourth-order valence-corrected chi connectivity index (χ4v) is 5.83. The van der Waals surface area contributed by atoms with Crippen LogP contribution in [0.1, 0.15) is 83.7 Å². The van der Waals surface area contributed by atoms with E-state index in [1.165, 1.54) is 33.4 Å². The highest BCUT2D eigenvalue weighted by Gasteiger charge is 2.24. The summed E-state index contributed by atoms with van der Waals surface area (Å²) in [6, 6.07) is 31.6. The fraction of sp³-hybridized carbons (Fsp3) is 0.308. The van der Waals surface area contributed by atoms with Crippen LogP contribution in [0.15, 0.2) is 91.0 Å². The molecule has 1 aliphatic carbocycles. The second kappa shape index (κ2) is 15.0. The first kappa shape index (κ1) is 31.2. The average Bonchev–Trinajstić information content (AvgIpc) is 3.19. The number of rotatable bonds is 14. The van der Waals surface area contributed by atoms with Crippen molar-refractivity contribution in [3.63, 3.8) is 0 Å². The van der Waals surface area contributed by atoms with E-state index in [1.807, 2.05) is 24.3 Å². The minimum Gasteiger partial charge on any atom is -0.491 e. The molecule has 1 N–H and O–H groups in total. The summed E-state index contributed by atoms with van der Waals surface area (Å²) >= 11 is 0. The molecule has 0 heterocycles. The van der Waals surface area contributed by atoms with Crippen molar-refractivity contribution in [3.8, 4) is 5.75 Å². The van der Waals surface area contributed by atoms with Gasteiger partial charge in [-0.2, -0.15) is 0 Å². The number of hydrogen-bond donors (Lipinski definition) is 1. The molecular formula is C39H42O5. The van der Waals surface area contributed by atoms with Crippen LogP contribution in [-0.2, 0) is 27.1 Å². The van der Waals surface area contributed by atoms with Gasteiger partial charge in [0.25, 0.3) is 0 Å². The molecular weight excluding hydrogens is 548 g/mol. The van der Waals surface area contributed by atoms with Crippen molar-refractivity contribution in [1.29, 1.82) is 0 Å². The van der Waals surface area contributed by atoms with E-state index in [2.05, 4.69) is 92.7 Å². The predicted octanol–water partition coefficient (Wildman–Crippen LogP) is 8.49. The average molecular weight is 591 g/mol. The van der Waals surface area contributed by atoms with Gasteiger partial charge in [0, 0.05) is 18.9 Å². The SMILES string of the molecule is CCCc1ccc2c(c1)C(OCCOc1ccc(CC(OCC)C(=O)O)cc1)c1ccc(C(C)c3ccccc3)cc1C=C2. The summed E-state index contributed by atoms with van der Waals surface area (Å²) in [4.78, 5) is 11.4. The predicted molar refractivity (Wildman–Crippen MR) is 176 cm³/mol. The molecule has 0 radical (unpaired) electrons. The molecule has 5 rings (SSSR count). The Bertz CT molecular complexity index is 1560. The smallest absolute Gasteiger partial charge is 0.333 e. The first-order valence-corrected chi connectivity index (χ1v) is 15.6. The molecule has 44 heavy (non-hydrogen) atoms. The Morgan fingerprint density at radius 3 is 2.27 bits per heavy atom. The highest BCUT2D eigenvalue weighted by atomic mass is 16.5. The molecule has 1 aliphatic rings. The van der Waals surface area contributed by atoms with E-state index in [-0.39, 0.29) is 12.0 Å². The van der Waals surface area contributed by atoms with Gasteiger partial charge < -0.3 is 19.3 Å². The Labute approximate surface area is 261 Å². The summed E-state index contributed by atoms with van der Waals surface area (Å²) in [5, 5.41) is 9.37. The Hall–Kier alpha value is -4.19. The van der Waals surface area contributed by atoms with Crippen molar-refractivity contribution < 1.29 is 24.1 Å². The third-order valence-corrected chi connectivity index (χ3v) is 8.23. The molecule has 0 bridgehead atoms. The van der Waals surface area contributed by atoms with Crippen LogP contribution >= 0.6 is 0 Å². The highest BCUT2D eigenvalue weighted by Crippen LogP contribution is 2.38. The number of aryl methyl sites for hydroxylation is 1. The molecule has 5 nitrogen and oxygen atoms in total. The van der Waals surface area contributed by atoms with Gasteiger partial charge in [0.15, 0.2) is 6.10 Å². The minimum absolute atomic E-state index is 0.217. The van der Waals surface area contributed by atoms with Crippen LogP contribution in [0.4, 0.5) is 0 Å². The standard InChI is InChI=1S/C39H42O5/c1-4-9-28-12-15-31-16-17-33-26-32(27(3)30-10-7-6-8-11-30)18-21-35(33)38(36(31)24-28)44-23-22-43-34-19-13-29(14-20-34)25-37(39(40)41)42-5-2/h6-8,10-21,24,26-27,37-38H,4-5,9,22-23,25H2,1-3H3,(H,40,41). The number of benzene rings is 4. The lowest BCUT2D eigenvalue weighted by atomic mass is 9.88. The van der Waals surface area contributed by atoms with Crippen LogP contribution in [0.2, 0.25) is 0 Å². The quantitative estimate of drug-likeness (QED) is 0.149. The second-order valence-electron chi connectivity index (χ2n) is 11.3. The lowest BCUT2D eigenvalue weighted by molar-refractivity contribution is -0.149. The van der Waals surface area contributed by atoms with Crippen LogP contribution in [-0.4, -0.2) is 37.0 Å². The number of carbonyl (C=O) groups is 1. The lowest BCUT2D eigenvalue weighted by Crippen LogP contribution is -2.26. The monoisotopic (exact) mass is 590 g/mol. The number of hydrogen-bond acceptors (Lipinski definition) is 4. The van der Waals surface area contributed by atoms with Gasteiger partial charge in [0.05, 0.1) is 6.61 Å². The third-order valence-electron chi connectivity index (χ3n) is 8.23. The van der Waals surface area contributed by atoms with Gasteiger partial charge in [-0.25, -0.2) is 4.79 Å². The largest absolute Gasteiger partial charge is 0.491 e. The van der Waals surface area contributed by atoms with E-state index < -0.39 is 12.1 Å². The summed E-state index contributed by atoms with van der Waals surface area (Å²) in [6.07, 6.45) is 5.79. The molecule has 3 atom stereocenters. The van der Waals surface area contributed by atoms with E-state index in [9.17, 15) is 9.90 Å². The zero-order valence-corrected chi connectivity index (χ0v) is 25.9. The van der Waals surface area contributed by atoms with Crippen LogP contribution < -0.4 is 4.74 Å². The molecule has 4 aromatic carbocycles. The molecule has 228 valence electrons. The molecule has 3 unspecified atom stereocenters. The van der Waals surface area contributed by atoms with Crippen molar-refractivity contribution in [3.05, 3.63) is 136 Å². The van der Waals surface area contributed by atoms with E-state index in [0.29, 0.717) is 32.0 Å². The summed E-state index contributed by atoms with van der Waals surface area (Å²) in [7, 11) is 0. The number of ether oxygens (including phenoxy) is 3. The number of aliphatic carboxylic acids is 1. The Morgan fingerprint density at radius 1 is 0.795 bits per heavy atom. The van der Waals surface area contributed by atoms with E-state index in [1.54, 1.807) is 6.92 Å². The highest BCUT2D eigenvalue weighted by molar-refractivity contribution is 5.77. The van der Waals surface area contributed by atoms with Crippen molar-refractivity contribution in [2.45, 2.75) is 58.2 Å². The van der Waals surface area contributed by atoms with Crippen molar-refractivity contribution in [2.75, 3.05) is 19.8 Å². The fourth-order valence-electron chi connectivity index (χ4n) is 5.83. The van der Waals surface area contributed by atoms with Crippen LogP contribution in [0.25, 0.3) is 12.2 Å². The van der Waals surface area contributed by atoms with Gasteiger partial charge in [-0.3, -0.25) is 0 Å². The molecule has 0 aliphatic heterocycles. The molecule has 0 spiro atoms. The van der Waals surface area contributed by atoms with Crippen LogP contribution in [0, 0.1) is 0 Å². The summed E-state index contributed by atoms with van der Waals surface area (Å²) in [5.41, 5.74) is 9.46. The Balaban J connectivity index is 1.31. The first-order valence-electron chi connectivity index (χ1n) is 15.6.